The number of nitrogens with one attached hydrogen (secondary N) is 3. The molecule has 0 amide bonds. The third-order valence-corrected chi connectivity index (χ3v) is 3.90. The van der Waals surface area contributed by atoms with E-state index in [0.29, 0.717) is 11.7 Å². The van der Waals surface area contributed by atoms with Gasteiger partial charge in [0.1, 0.15) is 0 Å². The minimum Gasteiger partial charge on any atom is -0.363 e. The number of rotatable bonds is 5. The Labute approximate surface area is 113 Å². The molecule has 0 aliphatic heterocycles. The van der Waals surface area contributed by atoms with E-state index >= 15 is 0 Å². The first kappa shape index (κ1) is 14.9. The summed E-state index contributed by atoms with van der Waals surface area (Å²) in [5, 5.41) is 6.42. The SMILES string of the molecule is CCNC(=S)Nc1ccc(S(=O)(=O)NCC)cc1. The Hall–Kier alpha value is -1.18. The van der Waals surface area contributed by atoms with E-state index in [1.807, 2.05) is 6.92 Å². The second kappa shape index (κ2) is 6.67. The summed E-state index contributed by atoms with van der Waals surface area (Å²) in [5.74, 6) is 0. The fraction of sp³-hybridized carbons (Fsp3) is 0.364. The number of benzene rings is 1. The third-order valence-electron chi connectivity index (χ3n) is 2.09. The molecule has 100 valence electrons. The molecule has 18 heavy (non-hydrogen) atoms. The average molecular weight is 287 g/mol. The zero-order valence-electron chi connectivity index (χ0n) is 10.4. The van der Waals surface area contributed by atoms with Crippen LogP contribution in [0.4, 0.5) is 5.69 Å². The largest absolute Gasteiger partial charge is 0.363 e. The van der Waals surface area contributed by atoms with Crippen molar-refractivity contribution in [3.8, 4) is 0 Å². The Kier molecular flexibility index (Phi) is 5.52. The Morgan fingerprint density at radius 3 is 2.28 bits per heavy atom. The van der Waals surface area contributed by atoms with Crippen LogP contribution in [0.5, 0.6) is 0 Å². The van der Waals surface area contributed by atoms with E-state index in [1.54, 1.807) is 19.1 Å². The van der Waals surface area contributed by atoms with Crippen LogP contribution in [0.2, 0.25) is 0 Å². The van der Waals surface area contributed by atoms with Crippen LogP contribution in [0, 0.1) is 0 Å². The molecule has 0 aromatic heterocycles. The van der Waals surface area contributed by atoms with Crippen molar-refractivity contribution in [3.05, 3.63) is 24.3 Å². The topological polar surface area (TPSA) is 70.2 Å². The summed E-state index contributed by atoms with van der Waals surface area (Å²) in [6.07, 6.45) is 0. The predicted octanol–water partition coefficient (Wildman–Crippen LogP) is 1.29. The molecule has 0 spiro atoms. The predicted molar refractivity (Wildman–Crippen MR) is 77.2 cm³/mol. The summed E-state index contributed by atoms with van der Waals surface area (Å²) in [4.78, 5) is 0.240. The fourth-order valence-corrected chi connectivity index (χ4v) is 2.63. The molecule has 0 saturated heterocycles. The van der Waals surface area contributed by atoms with Crippen molar-refractivity contribution in [2.24, 2.45) is 0 Å². The van der Waals surface area contributed by atoms with Crippen molar-refractivity contribution in [3.63, 3.8) is 0 Å². The van der Waals surface area contributed by atoms with Gasteiger partial charge in [-0.05, 0) is 43.4 Å². The number of hydrogen-bond donors (Lipinski definition) is 3. The summed E-state index contributed by atoms with van der Waals surface area (Å²) in [7, 11) is -3.39. The second-order valence-electron chi connectivity index (χ2n) is 3.51. The van der Waals surface area contributed by atoms with Gasteiger partial charge in [0.2, 0.25) is 10.0 Å². The highest BCUT2D eigenvalue weighted by atomic mass is 32.2. The normalized spacial score (nSPS) is 11.0. The minimum absolute atomic E-state index is 0.240. The van der Waals surface area contributed by atoms with Crippen LogP contribution in [0.25, 0.3) is 0 Å². The van der Waals surface area contributed by atoms with Gasteiger partial charge >= 0.3 is 0 Å². The molecule has 0 saturated carbocycles. The van der Waals surface area contributed by atoms with Crippen molar-refractivity contribution in [2.75, 3.05) is 18.4 Å². The van der Waals surface area contributed by atoms with Gasteiger partial charge in [-0.25, -0.2) is 13.1 Å². The molecule has 0 atom stereocenters. The van der Waals surface area contributed by atoms with Gasteiger partial charge in [-0.15, -0.1) is 0 Å². The maximum absolute atomic E-state index is 11.7. The summed E-state index contributed by atoms with van der Waals surface area (Å²) < 4.78 is 25.8. The van der Waals surface area contributed by atoms with Gasteiger partial charge in [0.15, 0.2) is 5.11 Å². The third kappa shape index (κ3) is 4.25. The van der Waals surface area contributed by atoms with Crippen LogP contribution in [-0.2, 0) is 10.0 Å². The lowest BCUT2D eigenvalue weighted by Gasteiger charge is -2.09. The van der Waals surface area contributed by atoms with Crippen LogP contribution in [0.3, 0.4) is 0 Å². The molecule has 3 N–H and O–H groups in total. The molecule has 7 heteroatoms. The molecule has 0 bridgehead atoms. The number of sulfonamides is 1. The van der Waals surface area contributed by atoms with Gasteiger partial charge in [0.05, 0.1) is 4.90 Å². The molecule has 0 heterocycles. The van der Waals surface area contributed by atoms with Gasteiger partial charge in [-0.3, -0.25) is 0 Å². The van der Waals surface area contributed by atoms with E-state index in [4.69, 9.17) is 12.2 Å². The summed E-state index contributed by atoms with van der Waals surface area (Å²) in [5.41, 5.74) is 0.747. The number of hydrogen-bond acceptors (Lipinski definition) is 3. The number of thiocarbonyl (C=S) groups is 1. The van der Waals surface area contributed by atoms with E-state index in [1.165, 1.54) is 12.1 Å². The molecule has 0 unspecified atom stereocenters. The summed E-state index contributed by atoms with van der Waals surface area (Å²) >= 11 is 5.03. The van der Waals surface area contributed by atoms with E-state index in [9.17, 15) is 8.42 Å². The van der Waals surface area contributed by atoms with Crippen LogP contribution in [0.15, 0.2) is 29.2 Å². The molecule has 5 nitrogen and oxygen atoms in total. The van der Waals surface area contributed by atoms with Crippen molar-refractivity contribution in [2.45, 2.75) is 18.7 Å². The highest BCUT2D eigenvalue weighted by Gasteiger charge is 2.11. The molecule has 0 radical (unpaired) electrons. The van der Waals surface area contributed by atoms with Gasteiger partial charge in [-0.1, -0.05) is 6.92 Å². The van der Waals surface area contributed by atoms with Crippen LogP contribution in [0.1, 0.15) is 13.8 Å². The van der Waals surface area contributed by atoms with Gasteiger partial charge in [0.25, 0.3) is 0 Å². The highest BCUT2D eigenvalue weighted by molar-refractivity contribution is 7.89. The Morgan fingerprint density at radius 2 is 1.78 bits per heavy atom. The Bertz CT molecular complexity index is 498. The molecule has 0 fully saturated rings. The lowest BCUT2D eigenvalue weighted by Crippen LogP contribution is -2.28. The van der Waals surface area contributed by atoms with Gasteiger partial charge in [-0.2, -0.15) is 0 Å². The first-order valence-corrected chi connectivity index (χ1v) is 7.53. The maximum Gasteiger partial charge on any atom is 0.240 e. The lowest BCUT2D eigenvalue weighted by atomic mass is 10.3. The quantitative estimate of drug-likeness (QED) is 0.712. The summed E-state index contributed by atoms with van der Waals surface area (Å²) in [6.45, 7) is 4.79. The van der Waals surface area contributed by atoms with Crippen LogP contribution < -0.4 is 15.4 Å². The van der Waals surface area contributed by atoms with Crippen molar-refractivity contribution in [1.29, 1.82) is 0 Å². The Balaban J connectivity index is 2.77. The van der Waals surface area contributed by atoms with Crippen LogP contribution in [-0.4, -0.2) is 26.6 Å². The molecule has 1 rings (SSSR count). The molecular weight excluding hydrogens is 270 g/mol. The second-order valence-corrected chi connectivity index (χ2v) is 5.69. The first-order valence-electron chi connectivity index (χ1n) is 5.64. The van der Waals surface area contributed by atoms with E-state index in [2.05, 4.69) is 15.4 Å². The van der Waals surface area contributed by atoms with Crippen LogP contribution >= 0.6 is 12.2 Å². The standard InChI is InChI=1S/C11H17N3O2S2/c1-3-12-11(17)14-9-5-7-10(8-6-9)18(15,16)13-4-2/h5-8,13H,3-4H2,1-2H3,(H2,12,14,17). The first-order chi connectivity index (χ1) is 8.49. The summed E-state index contributed by atoms with van der Waals surface area (Å²) in [6, 6.07) is 6.42. The monoisotopic (exact) mass is 287 g/mol. The maximum atomic E-state index is 11.7. The van der Waals surface area contributed by atoms with Gasteiger partial charge < -0.3 is 10.6 Å². The number of anilines is 1. The molecule has 1 aromatic rings. The van der Waals surface area contributed by atoms with E-state index < -0.39 is 10.0 Å². The van der Waals surface area contributed by atoms with Crippen molar-refractivity contribution in [1.82, 2.24) is 10.0 Å². The Morgan fingerprint density at radius 1 is 1.17 bits per heavy atom. The molecule has 0 aliphatic rings. The van der Waals surface area contributed by atoms with E-state index in [0.717, 1.165) is 12.2 Å². The zero-order valence-corrected chi connectivity index (χ0v) is 12.0. The zero-order chi connectivity index (χ0) is 13.6. The fourth-order valence-electron chi connectivity index (χ4n) is 1.33. The molecule has 0 aliphatic carbocycles. The highest BCUT2D eigenvalue weighted by Crippen LogP contribution is 2.13. The molecular formula is C11H17N3O2S2. The van der Waals surface area contributed by atoms with Crippen molar-refractivity contribution >= 4 is 33.0 Å². The van der Waals surface area contributed by atoms with E-state index in [-0.39, 0.29) is 4.90 Å². The average Bonchev–Trinajstić information content (AvgIpc) is 2.30. The smallest absolute Gasteiger partial charge is 0.240 e. The van der Waals surface area contributed by atoms with Crippen molar-refractivity contribution < 1.29 is 8.42 Å². The minimum atomic E-state index is -3.39. The molecule has 1 aromatic carbocycles. The lowest BCUT2D eigenvalue weighted by molar-refractivity contribution is 0.584. The van der Waals surface area contributed by atoms with Gasteiger partial charge in [0, 0.05) is 18.8 Å².